The highest BCUT2D eigenvalue weighted by Crippen LogP contribution is 2.19. The first-order chi connectivity index (χ1) is 11.0. The van der Waals surface area contributed by atoms with Gasteiger partial charge in [0.25, 0.3) is 0 Å². The van der Waals surface area contributed by atoms with Gasteiger partial charge in [-0.2, -0.15) is 13.2 Å². The summed E-state index contributed by atoms with van der Waals surface area (Å²) in [5, 5.41) is 8.08. The number of nitrogens with one attached hydrogen (secondary N) is 2. The second-order valence-corrected chi connectivity index (χ2v) is 5.18. The van der Waals surface area contributed by atoms with E-state index in [-0.39, 0.29) is 6.54 Å². The lowest BCUT2D eigenvalue weighted by molar-refractivity contribution is -0.132. The number of guanidine groups is 1. The maximum Gasteiger partial charge on any atom is 0.390 e. The van der Waals surface area contributed by atoms with Crippen LogP contribution in [0, 0.1) is 0 Å². The lowest BCUT2D eigenvalue weighted by Crippen LogP contribution is -2.39. The van der Waals surface area contributed by atoms with Crippen LogP contribution in [0.2, 0.25) is 0 Å². The van der Waals surface area contributed by atoms with Gasteiger partial charge in [0, 0.05) is 20.1 Å². The fraction of sp³-hybridized carbons (Fsp3) is 0.353. The summed E-state index contributed by atoms with van der Waals surface area (Å²) < 4.78 is 36.4. The molecular formula is C17H20F3N3. The number of hydrogen-bond donors (Lipinski definition) is 2. The number of benzene rings is 2. The molecule has 124 valence electrons. The van der Waals surface area contributed by atoms with Gasteiger partial charge in [0.1, 0.15) is 0 Å². The minimum atomic E-state index is -4.16. The molecule has 0 fully saturated rings. The monoisotopic (exact) mass is 323 g/mol. The van der Waals surface area contributed by atoms with Gasteiger partial charge >= 0.3 is 6.18 Å². The first-order valence-electron chi connectivity index (χ1n) is 7.47. The Labute approximate surface area is 133 Å². The van der Waals surface area contributed by atoms with Gasteiger partial charge in [0.2, 0.25) is 0 Å². The standard InChI is InChI=1S/C17H20F3N3/c1-21-16(23-12-10-17(18,19)20)22-11-9-14-7-4-6-13-5-2-3-8-15(13)14/h2-8H,9-12H2,1H3,(H2,21,22,23). The smallest absolute Gasteiger partial charge is 0.356 e. The Morgan fingerprint density at radius 1 is 1.00 bits per heavy atom. The third kappa shape index (κ3) is 5.47. The van der Waals surface area contributed by atoms with Gasteiger partial charge in [0.05, 0.1) is 6.42 Å². The van der Waals surface area contributed by atoms with Gasteiger partial charge in [-0.25, -0.2) is 0 Å². The number of hydrogen-bond acceptors (Lipinski definition) is 1. The summed E-state index contributed by atoms with van der Waals surface area (Å²) in [7, 11) is 1.54. The van der Waals surface area contributed by atoms with Gasteiger partial charge < -0.3 is 10.6 Å². The molecule has 2 aromatic carbocycles. The summed E-state index contributed by atoms with van der Waals surface area (Å²) in [5.74, 6) is 0.384. The van der Waals surface area contributed by atoms with E-state index in [1.807, 2.05) is 18.2 Å². The van der Waals surface area contributed by atoms with Crippen molar-refractivity contribution in [2.24, 2.45) is 4.99 Å². The molecule has 0 radical (unpaired) electrons. The summed E-state index contributed by atoms with van der Waals surface area (Å²) in [6.07, 6.45) is -4.27. The summed E-state index contributed by atoms with van der Waals surface area (Å²) in [4.78, 5) is 3.93. The Bertz CT molecular complexity index is 660. The maximum atomic E-state index is 12.1. The minimum absolute atomic E-state index is 0.183. The number of aliphatic imine (C=N–C) groups is 1. The van der Waals surface area contributed by atoms with Crippen LogP contribution < -0.4 is 10.6 Å². The van der Waals surface area contributed by atoms with Crippen molar-refractivity contribution in [3.63, 3.8) is 0 Å². The van der Waals surface area contributed by atoms with Gasteiger partial charge in [-0.1, -0.05) is 42.5 Å². The van der Waals surface area contributed by atoms with E-state index in [1.165, 1.54) is 16.3 Å². The van der Waals surface area contributed by atoms with Crippen molar-refractivity contribution in [2.75, 3.05) is 20.1 Å². The van der Waals surface area contributed by atoms with E-state index in [2.05, 4.69) is 39.9 Å². The second kappa shape index (κ2) is 7.85. The normalized spacial score (nSPS) is 12.4. The molecule has 0 spiro atoms. The first kappa shape index (κ1) is 17.1. The molecule has 6 heteroatoms. The molecule has 0 aliphatic carbocycles. The van der Waals surface area contributed by atoms with Crippen LogP contribution in [0.25, 0.3) is 10.8 Å². The van der Waals surface area contributed by atoms with Gasteiger partial charge in [-0.15, -0.1) is 0 Å². The molecular weight excluding hydrogens is 303 g/mol. The van der Waals surface area contributed by atoms with Crippen LogP contribution in [0.5, 0.6) is 0 Å². The van der Waals surface area contributed by atoms with Gasteiger partial charge in [-0.3, -0.25) is 4.99 Å². The van der Waals surface area contributed by atoms with Crippen LogP contribution in [-0.4, -0.2) is 32.3 Å². The Hall–Kier alpha value is -2.24. The number of rotatable bonds is 5. The van der Waals surface area contributed by atoms with Crippen LogP contribution in [-0.2, 0) is 6.42 Å². The minimum Gasteiger partial charge on any atom is -0.356 e. The molecule has 0 aliphatic rings. The lowest BCUT2D eigenvalue weighted by atomic mass is 10.0. The third-order valence-electron chi connectivity index (χ3n) is 3.49. The van der Waals surface area contributed by atoms with Crippen molar-refractivity contribution < 1.29 is 13.2 Å². The van der Waals surface area contributed by atoms with E-state index in [1.54, 1.807) is 7.05 Å². The molecule has 0 aliphatic heterocycles. The van der Waals surface area contributed by atoms with Crippen molar-refractivity contribution in [3.8, 4) is 0 Å². The molecule has 0 bridgehead atoms. The zero-order valence-electron chi connectivity index (χ0n) is 13.0. The van der Waals surface area contributed by atoms with Crippen molar-refractivity contribution in [1.82, 2.24) is 10.6 Å². The molecule has 2 rings (SSSR count). The molecule has 0 amide bonds. The van der Waals surface area contributed by atoms with Crippen molar-refractivity contribution >= 4 is 16.7 Å². The van der Waals surface area contributed by atoms with Crippen LogP contribution >= 0.6 is 0 Å². The quantitative estimate of drug-likeness (QED) is 0.653. The largest absolute Gasteiger partial charge is 0.390 e. The van der Waals surface area contributed by atoms with E-state index >= 15 is 0 Å². The van der Waals surface area contributed by atoms with E-state index < -0.39 is 12.6 Å². The number of nitrogens with zero attached hydrogens (tertiary/aromatic N) is 1. The van der Waals surface area contributed by atoms with E-state index in [4.69, 9.17) is 0 Å². The van der Waals surface area contributed by atoms with Crippen LogP contribution in [0.1, 0.15) is 12.0 Å². The maximum absolute atomic E-state index is 12.1. The Kier molecular flexibility index (Phi) is 5.84. The molecule has 0 saturated heterocycles. The summed E-state index contributed by atoms with van der Waals surface area (Å²) in [6.45, 7) is 0.414. The lowest BCUT2D eigenvalue weighted by Gasteiger charge is -2.13. The predicted molar refractivity (Wildman–Crippen MR) is 87.7 cm³/mol. The zero-order valence-corrected chi connectivity index (χ0v) is 13.0. The average molecular weight is 323 g/mol. The molecule has 0 heterocycles. The number of halogens is 3. The van der Waals surface area contributed by atoms with E-state index in [0.717, 1.165) is 6.42 Å². The van der Waals surface area contributed by atoms with E-state index in [9.17, 15) is 13.2 Å². The highest BCUT2D eigenvalue weighted by atomic mass is 19.4. The zero-order chi connectivity index (χ0) is 16.7. The molecule has 0 aromatic heterocycles. The molecule has 0 atom stereocenters. The molecule has 2 aromatic rings. The second-order valence-electron chi connectivity index (χ2n) is 5.18. The Morgan fingerprint density at radius 3 is 2.43 bits per heavy atom. The summed E-state index contributed by atoms with van der Waals surface area (Å²) >= 11 is 0. The van der Waals surface area contributed by atoms with Gasteiger partial charge in [0.15, 0.2) is 5.96 Å². The van der Waals surface area contributed by atoms with Crippen molar-refractivity contribution in [1.29, 1.82) is 0 Å². The fourth-order valence-electron chi connectivity index (χ4n) is 2.37. The Balaban J connectivity index is 1.85. The average Bonchev–Trinajstić information content (AvgIpc) is 2.52. The predicted octanol–water partition coefficient (Wildman–Crippen LogP) is 3.50. The van der Waals surface area contributed by atoms with Crippen molar-refractivity contribution in [3.05, 3.63) is 48.0 Å². The molecule has 0 saturated carbocycles. The molecule has 0 unspecified atom stereocenters. The topological polar surface area (TPSA) is 36.4 Å². The summed E-state index contributed by atoms with van der Waals surface area (Å²) in [5.41, 5.74) is 1.20. The van der Waals surface area contributed by atoms with Crippen LogP contribution in [0.15, 0.2) is 47.5 Å². The highest BCUT2D eigenvalue weighted by Gasteiger charge is 2.26. The number of fused-ring (bicyclic) bond motifs is 1. The van der Waals surface area contributed by atoms with Gasteiger partial charge in [-0.05, 0) is 22.8 Å². The number of alkyl halides is 3. The van der Waals surface area contributed by atoms with Crippen LogP contribution in [0.3, 0.4) is 0 Å². The molecule has 3 nitrogen and oxygen atoms in total. The van der Waals surface area contributed by atoms with Crippen LogP contribution in [0.4, 0.5) is 13.2 Å². The fourth-order valence-corrected chi connectivity index (χ4v) is 2.37. The summed E-state index contributed by atoms with van der Waals surface area (Å²) in [6, 6.07) is 14.3. The molecule has 23 heavy (non-hydrogen) atoms. The third-order valence-corrected chi connectivity index (χ3v) is 3.49. The molecule has 2 N–H and O–H groups in total. The Morgan fingerprint density at radius 2 is 1.70 bits per heavy atom. The van der Waals surface area contributed by atoms with E-state index in [0.29, 0.717) is 12.5 Å². The van der Waals surface area contributed by atoms with Crippen molar-refractivity contribution in [2.45, 2.75) is 19.0 Å². The first-order valence-corrected chi connectivity index (χ1v) is 7.47. The SMILES string of the molecule is CN=C(NCCc1cccc2ccccc12)NCCC(F)(F)F. The highest BCUT2D eigenvalue weighted by molar-refractivity contribution is 5.85.